The van der Waals surface area contributed by atoms with E-state index < -0.39 is 5.97 Å². The lowest BCUT2D eigenvalue weighted by molar-refractivity contribution is -0.151. The molecule has 1 aliphatic rings. The minimum Gasteiger partial charge on any atom is -0.480 e. The fourth-order valence-corrected chi connectivity index (χ4v) is 3.26. The van der Waals surface area contributed by atoms with Crippen LogP contribution in [0.1, 0.15) is 29.3 Å². The molecule has 1 saturated heterocycles. The van der Waals surface area contributed by atoms with E-state index in [1.165, 1.54) is 16.7 Å². The van der Waals surface area contributed by atoms with Gasteiger partial charge in [-0.1, -0.05) is 12.1 Å². The highest BCUT2D eigenvalue weighted by Crippen LogP contribution is 2.31. The molecule has 6 nitrogen and oxygen atoms in total. The van der Waals surface area contributed by atoms with Gasteiger partial charge in [0.15, 0.2) is 0 Å². The summed E-state index contributed by atoms with van der Waals surface area (Å²) >= 11 is 1.52. The van der Waals surface area contributed by atoms with Crippen LogP contribution in [0.15, 0.2) is 24.3 Å². The number of likely N-dealkylation sites (tertiary alicyclic amines) is 1. The molecule has 1 aromatic rings. The Kier molecular flexibility index (Phi) is 5.43. The smallest absolute Gasteiger partial charge is 0.338 e. The van der Waals surface area contributed by atoms with Crippen molar-refractivity contribution in [1.29, 1.82) is 0 Å². The minimum absolute atomic E-state index is 0.0895. The van der Waals surface area contributed by atoms with Gasteiger partial charge in [0.1, 0.15) is 6.54 Å². The third kappa shape index (κ3) is 4.00. The molecule has 1 aromatic carbocycles. The van der Waals surface area contributed by atoms with Gasteiger partial charge in [-0.3, -0.25) is 9.59 Å². The molecule has 1 amide bonds. The second kappa shape index (κ2) is 7.31. The molecule has 0 spiro atoms. The van der Waals surface area contributed by atoms with Crippen LogP contribution < -0.4 is 0 Å². The van der Waals surface area contributed by atoms with Crippen molar-refractivity contribution in [2.24, 2.45) is 0 Å². The van der Waals surface area contributed by atoms with E-state index in [1.807, 2.05) is 12.1 Å². The number of carbonyl (C=O) groups excluding carboxylic acids is 2. The number of β-lactam (4-membered cyclic amide) rings is 1. The molecule has 0 bridgehead atoms. The predicted octanol–water partition coefficient (Wildman–Crippen LogP) is 1.74. The van der Waals surface area contributed by atoms with E-state index in [9.17, 15) is 14.4 Å². The van der Waals surface area contributed by atoms with Crippen molar-refractivity contribution in [2.45, 2.75) is 24.5 Å². The number of hydrogen-bond donors (Lipinski definition) is 1. The van der Waals surface area contributed by atoms with E-state index in [0.29, 0.717) is 24.3 Å². The molecule has 1 atom stereocenters. The summed E-state index contributed by atoms with van der Waals surface area (Å²) in [6.07, 6.45) is 0.374. The number of esters is 1. The zero-order chi connectivity index (χ0) is 16.1. The van der Waals surface area contributed by atoms with Crippen LogP contribution in [0.3, 0.4) is 0 Å². The van der Waals surface area contributed by atoms with E-state index in [1.54, 1.807) is 19.1 Å². The lowest BCUT2D eigenvalue weighted by Gasteiger charge is -2.38. The van der Waals surface area contributed by atoms with Crippen LogP contribution in [-0.4, -0.2) is 46.4 Å². The number of amides is 1. The van der Waals surface area contributed by atoms with Gasteiger partial charge in [-0.2, -0.15) is 0 Å². The molecule has 0 radical (unpaired) electrons. The summed E-state index contributed by atoms with van der Waals surface area (Å²) in [5.74, 6) is -0.828. The Morgan fingerprint density at radius 1 is 1.36 bits per heavy atom. The normalized spacial score (nSPS) is 17.0. The highest BCUT2D eigenvalue weighted by Gasteiger charge is 2.37. The van der Waals surface area contributed by atoms with Gasteiger partial charge < -0.3 is 14.7 Å². The van der Waals surface area contributed by atoms with Gasteiger partial charge in [-0.15, -0.1) is 11.8 Å². The summed E-state index contributed by atoms with van der Waals surface area (Å²) in [5, 5.41) is 8.66. The van der Waals surface area contributed by atoms with Gasteiger partial charge >= 0.3 is 11.9 Å². The maximum atomic E-state index is 11.5. The Morgan fingerprint density at radius 3 is 2.59 bits per heavy atom. The van der Waals surface area contributed by atoms with Gasteiger partial charge in [0.25, 0.3) is 0 Å². The van der Waals surface area contributed by atoms with E-state index in [0.717, 1.165) is 5.56 Å². The maximum Gasteiger partial charge on any atom is 0.338 e. The van der Waals surface area contributed by atoms with Gasteiger partial charge in [-0.25, -0.2) is 4.79 Å². The van der Waals surface area contributed by atoms with Crippen molar-refractivity contribution in [2.75, 3.05) is 13.2 Å². The number of ether oxygens (including phenoxy) is 1. The average Bonchev–Trinajstić information content (AvgIpc) is 2.49. The van der Waals surface area contributed by atoms with Gasteiger partial charge in [0.2, 0.25) is 5.91 Å². The van der Waals surface area contributed by atoms with Crippen LogP contribution in [0.25, 0.3) is 0 Å². The second-order valence-corrected chi connectivity index (χ2v) is 5.97. The van der Waals surface area contributed by atoms with Gasteiger partial charge in [-0.05, 0) is 24.6 Å². The molecule has 0 saturated carbocycles. The molecular weight excluding hydrogens is 306 g/mol. The van der Waals surface area contributed by atoms with Crippen LogP contribution in [0.2, 0.25) is 0 Å². The summed E-state index contributed by atoms with van der Waals surface area (Å²) < 4.78 is 4.91. The zero-order valence-corrected chi connectivity index (χ0v) is 13.0. The third-order valence-corrected chi connectivity index (χ3v) is 4.54. The molecule has 118 valence electrons. The number of carboxylic acids is 1. The number of rotatable bonds is 7. The summed E-state index contributed by atoms with van der Waals surface area (Å²) in [4.78, 5) is 34.9. The van der Waals surface area contributed by atoms with Crippen LogP contribution in [0.5, 0.6) is 0 Å². The number of hydrogen-bond acceptors (Lipinski definition) is 5. The molecular formula is C15H17NO5S. The molecule has 1 heterocycles. The maximum absolute atomic E-state index is 11.5. The van der Waals surface area contributed by atoms with E-state index >= 15 is 0 Å². The van der Waals surface area contributed by atoms with Crippen LogP contribution in [-0.2, 0) is 20.1 Å². The van der Waals surface area contributed by atoms with Crippen molar-refractivity contribution >= 4 is 29.6 Å². The first-order valence-corrected chi connectivity index (χ1v) is 7.95. The number of nitrogens with zero attached hydrogens (tertiary/aromatic N) is 1. The first kappa shape index (κ1) is 16.4. The number of benzene rings is 1. The standard InChI is InChI=1S/C15H17NO5S/c1-2-21-15(20)11-5-3-10(4-6-11)9-22-13-7-12(17)16(13)8-14(18)19/h3-6,13H,2,7-9H2,1H3,(H,18,19)/t13-/m1/s1. The molecule has 0 aliphatic carbocycles. The molecule has 2 rings (SSSR count). The Balaban J connectivity index is 1.86. The second-order valence-electron chi connectivity index (χ2n) is 4.80. The number of aliphatic carboxylic acids is 1. The van der Waals surface area contributed by atoms with Crippen LogP contribution >= 0.6 is 11.8 Å². The summed E-state index contributed by atoms with van der Waals surface area (Å²) in [7, 11) is 0. The summed E-state index contributed by atoms with van der Waals surface area (Å²) in [6, 6.07) is 7.08. The van der Waals surface area contributed by atoms with Crippen LogP contribution in [0, 0.1) is 0 Å². The number of thioether (sulfide) groups is 1. The highest BCUT2D eigenvalue weighted by molar-refractivity contribution is 7.99. The molecule has 22 heavy (non-hydrogen) atoms. The van der Waals surface area contributed by atoms with E-state index in [-0.39, 0.29) is 23.8 Å². The Bertz CT molecular complexity index is 572. The number of carboxylic acid groups (broad SMARTS) is 1. The van der Waals surface area contributed by atoms with E-state index in [2.05, 4.69) is 0 Å². The average molecular weight is 323 g/mol. The largest absolute Gasteiger partial charge is 0.480 e. The molecule has 7 heteroatoms. The molecule has 1 aliphatic heterocycles. The molecule has 0 aromatic heterocycles. The lowest BCUT2D eigenvalue weighted by atomic mass is 10.1. The van der Waals surface area contributed by atoms with Crippen molar-refractivity contribution in [3.05, 3.63) is 35.4 Å². The lowest BCUT2D eigenvalue weighted by Crippen LogP contribution is -2.52. The number of carbonyl (C=O) groups is 3. The topological polar surface area (TPSA) is 83.9 Å². The molecule has 0 unspecified atom stereocenters. The Morgan fingerprint density at radius 2 is 2.05 bits per heavy atom. The third-order valence-electron chi connectivity index (χ3n) is 3.23. The van der Waals surface area contributed by atoms with Crippen LogP contribution in [0.4, 0.5) is 0 Å². The fraction of sp³-hybridized carbons (Fsp3) is 0.400. The summed E-state index contributed by atoms with van der Waals surface area (Å²) in [6.45, 7) is 1.84. The minimum atomic E-state index is -1.00. The Labute approximate surface area is 132 Å². The first-order valence-electron chi connectivity index (χ1n) is 6.90. The van der Waals surface area contributed by atoms with Crippen molar-refractivity contribution in [3.63, 3.8) is 0 Å². The quantitative estimate of drug-likeness (QED) is 0.608. The fourth-order valence-electron chi connectivity index (χ4n) is 2.05. The van der Waals surface area contributed by atoms with Gasteiger partial charge in [0.05, 0.1) is 24.0 Å². The van der Waals surface area contributed by atoms with Gasteiger partial charge in [0, 0.05) is 5.75 Å². The zero-order valence-electron chi connectivity index (χ0n) is 12.2. The van der Waals surface area contributed by atoms with Crippen molar-refractivity contribution in [3.8, 4) is 0 Å². The highest BCUT2D eigenvalue weighted by atomic mass is 32.2. The first-order chi connectivity index (χ1) is 10.5. The monoisotopic (exact) mass is 323 g/mol. The van der Waals surface area contributed by atoms with Crippen molar-refractivity contribution in [1.82, 2.24) is 4.90 Å². The van der Waals surface area contributed by atoms with Crippen molar-refractivity contribution < 1.29 is 24.2 Å². The van der Waals surface area contributed by atoms with E-state index in [4.69, 9.17) is 9.84 Å². The SMILES string of the molecule is CCOC(=O)c1ccc(CS[C@@H]2CC(=O)N2CC(=O)O)cc1. The Hall–Kier alpha value is -2.02. The summed E-state index contributed by atoms with van der Waals surface area (Å²) in [5.41, 5.74) is 1.51. The predicted molar refractivity (Wildman–Crippen MR) is 81.4 cm³/mol. The molecule has 1 fully saturated rings. The molecule has 1 N–H and O–H groups in total.